The first-order valence-electron chi connectivity index (χ1n) is 10.0. The lowest BCUT2D eigenvalue weighted by Gasteiger charge is -2.14. The fourth-order valence-corrected chi connectivity index (χ4v) is 3.54. The van der Waals surface area contributed by atoms with Gasteiger partial charge in [0.15, 0.2) is 5.58 Å². The Morgan fingerprint density at radius 2 is 1.82 bits per heavy atom. The number of hydrogen-bond donors (Lipinski definition) is 2. The number of anilines is 1. The fraction of sp³-hybridized carbons (Fsp3) is 0.167. The van der Waals surface area contributed by atoms with Crippen LogP contribution in [0.3, 0.4) is 0 Å². The van der Waals surface area contributed by atoms with Gasteiger partial charge in [0.05, 0.1) is 17.6 Å². The molecule has 9 heteroatoms. The number of halogens is 3. The zero-order valence-electron chi connectivity index (χ0n) is 17.5. The largest absolute Gasteiger partial charge is 0.420 e. The Morgan fingerprint density at radius 3 is 2.48 bits per heavy atom. The van der Waals surface area contributed by atoms with Crippen LogP contribution in [0.25, 0.3) is 11.1 Å². The average Bonchev–Trinajstić information content (AvgIpc) is 3.07. The third-order valence-electron chi connectivity index (χ3n) is 5.24. The molecule has 0 saturated heterocycles. The van der Waals surface area contributed by atoms with Crippen LogP contribution in [0.5, 0.6) is 0 Å². The number of carbonyl (C=O) groups excluding carboxylic acids is 1. The number of nitrogens with two attached hydrogens (primary N) is 1. The van der Waals surface area contributed by atoms with Crippen LogP contribution >= 0.6 is 0 Å². The van der Waals surface area contributed by atoms with Gasteiger partial charge >= 0.3 is 11.9 Å². The lowest BCUT2D eigenvalue weighted by atomic mass is 10.0. The molecule has 33 heavy (non-hydrogen) atoms. The molecule has 6 nitrogen and oxygen atoms in total. The molecule has 0 radical (unpaired) electrons. The van der Waals surface area contributed by atoms with Gasteiger partial charge in [-0.1, -0.05) is 42.0 Å². The highest BCUT2D eigenvalue weighted by molar-refractivity contribution is 5.96. The summed E-state index contributed by atoms with van der Waals surface area (Å²) >= 11 is 0. The molecule has 4 rings (SSSR count). The summed E-state index contributed by atoms with van der Waals surface area (Å²) in [5.74, 6) is -1.15. The number of nitrogens with zero attached hydrogens (tertiary/aromatic N) is 1. The fourth-order valence-electron chi connectivity index (χ4n) is 3.54. The maximum Gasteiger partial charge on any atom is 0.420 e. The van der Waals surface area contributed by atoms with Crippen LogP contribution < -0.4 is 16.8 Å². The summed E-state index contributed by atoms with van der Waals surface area (Å²) in [4.78, 5) is 24.9. The van der Waals surface area contributed by atoms with Crippen LogP contribution in [-0.2, 0) is 17.5 Å². The minimum Gasteiger partial charge on any atom is -0.408 e. The molecule has 1 atom stereocenters. The van der Waals surface area contributed by atoms with Crippen LogP contribution in [0.1, 0.15) is 28.3 Å². The Labute approximate surface area is 186 Å². The number of aryl methyl sites for hydroxylation is 1. The predicted molar refractivity (Wildman–Crippen MR) is 118 cm³/mol. The summed E-state index contributed by atoms with van der Waals surface area (Å²) in [6, 6.07) is 15.4. The predicted octanol–water partition coefficient (Wildman–Crippen LogP) is 4.61. The lowest BCUT2D eigenvalue weighted by Crippen LogP contribution is -2.27. The van der Waals surface area contributed by atoms with Gasteiger partial charge in [0.25, 0.3) is 0 Å². The first kappa shape index (κ1) is 22.3. The number of alkyl halides is 3. The minimum absolute atomic E-state index is 0.234. The first-order chi connectivity index (χ1) is 15.6. The van der Waals surface area contributed by atoms with Crippen LogP contribution in [-0.4, -0.2) is 10.5 Å². The SMILES string of the molecule is Cc1cccc(Cn2c(=O)oc3cc(NC(=O)C(N)c4ccc(C(F)(F)F)cc4)ccc32)c1. The van der Waals surface area contributed by atoms with Gasteiger partial charge in [0.1, 0.15) is 6.04 Å². The number of rotatable bonds is 5. The molecule has 3 aromatic carbocycles. The molecule has 0 bridgehead atoms. The molecule has 0 saturated carbocycles. The highest BCUT2D eigenvalue weighted by Gasteiger charge is 2.30. The zero-order chi connectivity index (χ0) is 23.8. The van der Waals surface area contributed by atoms with Crippen LogP contribution in [0.4, 0.5) is 18.9 Å². The number of fused-ring (bicyclic) bond motifs is 1. The van der Waals surface area contributed by atoms with Crippen molar-refractivity contribution in [3.8, 4) is 0 Å². The Morgan fingerprint density at radius 1 is 1.09 bits per heavy atom. The van der Waals surface area contributed by atoms with Crippen molar-refractivity contribution >= 4 is 22.7 Å². The number of carbonyl (C=O) groups is 1. The molecule has 0 aliphatic carbocycles. The number of aromatic nitrogens is 1. The van der Waals surface area contributed by atoms with Crippen molar-refractivity contribution in [2.75, 3.05) is 5.32 Å². The number of amides is 1. The Balaban J connectivity index is 1.52. The number of hydrogen-bond acceptors (Lipinski definition) is 4. The molecule has 1 heterocycles. The van der Waals surface area contributed by atoms with Gasteiger partial charge in [-0.25, -0.2) is 4.79 Å². The monoisotopic (exact) mass is 455 g/mol. The van der Waals surface area contributed by atoms with Crippen LogP contribution in [0.2, 0.25) is 0 Å². The van der Waals surface area contributed by atoms with Crippen molar-refractivity contribution in [2.45, 2.75) is 25.7 Å². The quantitative estimate of drug-likeness (QED) is 0.460. The van der Waals surface area contributed by atoms with Gasteiger partial charge in [-0.05, 0) is 42.3 Å². The summed E-state index contributed by atoms with van der Waals surface area (Å²) in [6.07, 6.45) is -4.47. The van der Waals surface area contributed by atoms with E-state index in [9.17, 15) is 22.8 Å². The van der Waals surface area contributed by atoms with E-state index in [-0.39, 0.29) is 11.1 Å². The second kappa shape index (κ2) is 8.59. The molecule has 0 fully saturated rings. The number of benzene rings is 3. The van der Waals surface area contributed by atoms with Gasteiger partial charge in [-0.2, -0.15) is 13.2 Å². The molecule has 3 N–H and O–H groups in total. The van der Waals surface area contributed by atoms with Crippen molar-refractivity contribution < 1.29 is 22.4 Å². The third kappa shape index (κ3) is 4.83. The van der Waals surface area contributed by atoms with Crippen molar-refractivity contribution in [1.29, 1.82) is 0 Å². The summed E-state index contributed by atoms with van der Waals surface area (Å²) < 4.78 is 45.0. The maximum atomic E-state index is 12.7. The third-order valence-corrected chi connectivity index (χ3v) is 5.24. The summed E-state index contributed by atoms with van der Waals surface area (Å²) in [6.45, 7) is 2.29. The second-order valence-electron chi connectivity index (χ2n) is 7.71. The van der Waals surface area contributed by atoms with Crippen molar-refractivity contribution in [3.63, 3.8) is 0 Å². The normalized spacial score (nSPS) is 12.6. The van der Waals surface area contributed by atoms with E-state index in [4.69, 9.17) is 10.2 Å². The van der Waals surface area contributed by atoms with Gasteiger partial charge in [-0.15, -0.1) is 0 Å². The molecule has 4 aromatic rings. The van der Waals surface area contributed by atoms with Crippen molar-refractivity contribution in [1.82, 2.24) is 4.57 Å². The molecule has 1 amide bonds. The maximum absolute atomic E-state index is 12.7. The van der Waals surface area contributed by atoms with Crippen molar-refractivity contribution in [2.24, 2.45) is 5.73 Å². The molecule has 0 spiro atoms. The lowest BCUT2D eigenvalue weighted by molar-refractivity contribution is -0.137. The summed E-state index contributed by atoms with van der Waals surface area (Å²) in [7, 11) is 0. The van der Waals surface area contributed by atoms with Gasteiger partial charge < -0.3 is 15.5 Å². The molecule has 0 aliphatic rings. The van der Waals surface area contributed by atoms with Crippen LogP contribution in [0.15, 0.2) is 75.9 Å². The standard InChI is InChI=1S/C24H20F3N3O3/c1-14-3-2-4-15(11-14)13-30-19-10-9-18(12-20(19)33-23(30)32)29-22(31)21(28)16-5-7-17(8-6-16)24(25,26)27/h2-12,21H,13,28H2,1H3,(H,29,31). The smallest absolute Gasteiger partial charge is 0.408 e. The minimum atomic E-state index is -4.47. The van der Waals surface area contributed by atoms with E-state index < -0.39 is 29.4 Å². The first-order valence-corrected chi connectivity index (χ1v) is 10.0. The molecular formula is C24H20F3N3O3. The Kier molecular flexibility index (Phi) is 5.82. The number of nitrogens with one attached hydrogen (secondary N) is 1. The highest BCUT2D eigenvalue weighted by atomic mass is 19.4. The Bertz CT molecular complexity index is 1370. The van der Waals surface area contributed by atoms with Crippen molar-refractivity contribution in [3.05, 3.63) is 99.5 Å². The molecule has 1 aromatic heterocycles. The number of oxazole rings is 1. The second-order valence-corrected chi connectivity index (χ2v) is 7.71. The van der Waals surface area contributed by atoms with Gasteiger partial charge in [0, 0.05) is 11.8 Å². The summed E-state index contributed by atoms with van der Waals surface area (Å²) in [5.41, 5.74) is 8.53. The van der Waals surface area contributed by atoms with E-state index in [0.29, 0.717) is 17.7 Å². The van der Waals surface area contributed by atoms with Gasteiger partial charge in [0.2, 0.25) is 5.91 Å². The van der Waals surface area contributed by atoms with E-state index in [0.717, 1.165) is 23.3 Å². The average molecular weight is 455 g/mol. The summed E-state index contributed by atoms with van der Waals surface area (Å²) in [5, 5.41) is 2.61. The Hall–Kier alpha value is -3.85. The molecule has 1 unspecified atom stereocenters. The topological polar surface area (TPSA) is 90.3 Å². The van der Waals surface area contributed by atoms with E-state index in [1.165, 1.54) is 22.8 Å². The van der Waals surface area contributed by atoms with Gasteiger partial charge in [-0.3, -0.25) is 9.36 Å². The zero-order valence-corrected chi connectivity index (χ0v) is 17.5. The molecule has 170 valence electrons. The van der Waals surface area contributed by atoms with E-state index in [2.05, 4.69) is 5.32 Å². The molecule has 0 aliphatic heterocycles. The van der Waals surface area contributed by atoms with E-state index in [1.807, 2.05) is 31.2 Å². The van der Waals surface area contributed by atoms with E-state index >= 15 is 0 Å². The van der Waals surface area contributed by atoms with E-state index in [1.54, 1.807) is 12.1 Å². The molecular weight excluding hydrogens is 435 g/mol. The highest BCUT2D eigenvalue weighted by Crippen LogP contribution is 2.30. The van der Waals surface area contributed by atoms with Crippen LogP contribution in [0, 0.1) is 6.92 Å².